The molecular weight excluding hydrogens is 312 g/mol. The molecule has 1 aliphatic heterocycles. The van der Waals surface area contributed by atoms with E-state index >= 15 is 0 Å². The topological polar surface area (TPSA) is 82.1 Å². The van der Waals surface area contributed by atoms with Crippen LogP contribution in [0.15, 0.2) is 12.2 Å². The Hall–Kier alpha value is -2.50. The molecule has 1 aromatic rings. The highest BCUT2D eigenvalue weighted by molar-refractivity contribution is 5.98. The van der Waals surface area contributed by atoms with Crippen LogP contribution in [0.25, 0.3) is 0 Å². The molecule has 1 aliphatic rings. The summed E-state index contributed by atoms with van der Waals surface area (Å²) in [5, 5.41) is 10.5. The van der Waals surface area contributed by atoms with Crippen LogP contribution < -0.4 is 4.74 Å². The molecule has 0 atom stereocenters. The van der Waals surface area contributed by atoms with E-state index in [2.05, 4.69) is 4.74 Å². The normalized spacial score (nSPS) is 13.0. The second-order valence-corrected chi connectivity index (χ2v) is 5.54. The number of esters is 2. The van der Waals surface area contributed by atoms with Crippen molar-refractivity contribution in [3.63, 3.8) is 0 Å². The molecule has 0 aromatic heterocycles. The first-order valence-electron chi connectivity index (χ1n) is 7.81. The van der Waals surface area contributed by atoms with Crippen LogP contribution in [0.3, 0.4) is 0 Å². The van der Waals surface area contributed by atoms with E-state index in [1.165, 1.54) is 7.11 Å². The number of hydrogen-bond donors (Lipinski definition) is 1. The third kappa shape index (κ3) is 3.53. The number of carbonyl (C=O) groups excluding carboxylic acids is 2. The molecule has 0 amide bonds. The van der Waals surface area contributed by atoms with Gasteiger partial charge in [-0.2, -0.15) is 0 Å². The summed E-state index contributed by atoms with van der Waals surface area (Å²) in [5.41, 5.74) is 2.36. The van der Waals surface area contributed by atoms with Gasteiger partial charge in [-0.15, -0.1) is 0 Å². The van der Waals surface area contributed by atoms with E-state index in [1.807, 2.05) is 19.1 Å². The molecule has 24 heavy (non-hydrogen) atoms. The number of phenolic OH excluding ortho intramolecular Hbond substituents is 1. The quantitative estimate of drug-likeness (QED) is 0.610. The van der Waals surface area contributed by atoms with Crippen molar-refractivity contribution in [2.75, 3.05) is 14.2 Å². The third-order valence-electron chi connectivity index (χ3n) is 4.12. The van der Waals surface area contributed by atoms with Crippen LogP contribution in [0.1, 0.15) is 46.3 Å². The largest absolute Gasteiger partial charge is 0.507 e. The molecule has 0 bridgehead atoms. The Morgan fingerprint density at radius 2 is 2.00 bits per heavy atom. The number of cyclic esters (lactones) is 1. The monoisotopic (exact) mass is 334 g/mol. The van der Waals surface area contributed by atoms with Crippen LogP contribution in [-0.4, -0.2) is 31.3 Å². The molecule has 6 nitrogen and oxygen atoms in total. The van der Waals surface area contributed by atoms with Gasteiger partial charge in [0.15, 0.2) is 0 Å². The zero-order valence-electron chi connectivity index (χ0n) is 14.2. The smallest absolute Gasteiger partial charge is 0.342 e. The molecule has 6 heteroatoms. The second-order valence-electron chi connectivity index (χ2n) is 5.54. The molecule has 1 aromatic carbocycles. The van der Waals surface area contributed by atoms with E-state index in [4.69, 9.17) is 9.47 Å². The Morgan fingerprint density at radius 3 is 2.67 bits per heavy atom. The lowest BCUT2D eigenvalue weighted by molar-refractivity contribution is -0.140. The van der Waals surface area contributed by atoms with Crippen molar-refractivity contribution in [2.45, 2.75) is 39.2 Å². The molecule has 1 N–H and O–H groups in total. The van der Waals surface area contributed by atoms with Gasteiger partial charge in [-0.25, -0.2) is 4.79 Å². The molecule has 0 aliphatic carbocycles. The predicted molar refractivity (Wildman–Crippen MR) is 87.2 cm³/mol. The standard InChI is InChI=1S/C18H22O6/c1-11-13-10-24-18(21)15(13)16(20)12(17(11)23-3)8-6-4-5-7-9-14(19)22-2/h4-5,20H,6-10H2,1-3H3. The van der Waals surface area contributed by atoms with Crippen molar-refractivity contribution in [3.05, 3.63) is 34.4 Å². The summed E-state index contributed by atoms with van der Waals surface area (Å²) in [5.74, 6) is -0.208. The zero-order chi connectivity index (χ0) is 17.7. The summed E-state index contributed by atoms with van der Waals surface area (Å²) in [7, 11) is 2.91. The number of allylic oxidation sites excluding steroid dienone is 2. The van der Waals surface area contributed by atoms with Crippen molar-refractivity contribution in [2.24, 2.45) is 0 Å². The zero-order valence-corrected chi connectivity index (χ0v) is 14.2. The highest BCUT2D eigenvalue weighted by Gasteiger charge is 2.31. The van der Waals surface area contributed by atoms with Crippen LogP contribution in [0.4, 0.5) is 0 Å². The fourth-order valence-corrected chi connectivity index (χ4v) is 2.84. The van der Waals surface area contributed by atoms with Gasteiger partial charge >= 0.3 is 11.9 Å². The summed E-state index contributed by atoms with van der Waals surface area (Å²) in [6.07, 6.45) is 5.94. The van der Waals surface area contributed by atoms with Gasteiger partial charge in [-0.3, -0.25) is 4.79 Å². The van der Waals surface area contributed by atoms with Gasteiger partial charge in [0.2, 0.25) is 0 Å². The summed E-state index contributed by atoms with van der Waals surface area (Å²) >= 11 is 0. The van der Waals surface area contributed by atoms with Gasteiger partial charge in [0.05, 0.1) is 14.2 Å². The summed E-state index contributed by atoms with van der Waals surface area (Å²) in [6.45, 7) is 2.02. The van der Waals surface area contributed by atoms with E-state index in [9.17, 15) is 14.7 Å². The van der Waals surface area contributed by atoms with Crippen molar-refractivity contribution in [1.29, 1.82) is 0 Å². The van der Waals surface area contributed by atoms with Gasteiger partial charge in [0.1, 0.15) is 23.7 Å². The van der Waals surface area contributed by atoms with Gasteiger partial charge in [-0.1, -0.05) is 12.2 Å². The Bertz CT molecular complexity index is 675. The van der Waals surface area contributed by atoms with Gasteiger partial charge in [0, 0.05) is 17.5 Å². The number of carbonyl (C=O) groups is 2. The lowest BCUT2D eigenvalue weighted by Gasteiger charge is -2.15. The first-order valence-corrected chi connectivity index (χ1v) is 7.81. The third-order valence-corrected chi connectivity index (χ3v) is 4.12. The Balaban J connectivity index is 2.11. The fourth-order valence-electron chi connectivity index (χ4n) is 2.84. The molecule has 1 heterocycles. The highest BCUT2D eigenvalue weighted by atomic mass is 16.5. The minimum absolute atomic E-state index is 0.0575. The van der Waals surface area contributed by atoms with E-state index in [0.29, 0.717) is 42.6 Å². The first-order chi connectivity index (χ1) is 11.5. The van der Waals surface area contributed by atoms with Gasteiger partial charge in [-0.05, 0) is 31.7 Å². The molecule has 0 unspecified atom stereocenters. The fraction of sp³-hybridized carbons (Fsp3) is 0.444. The van der Waals surface area contributed by atoms with Gasteiger partial charge < -0.3 is 19.3 Å². The van der Waals surface area contributed by atoms with E-state index in [-0.39, 0.29) is 23.9 Å². The molecule has 130 valence electrons. The first kappa shape index (κ1) is 17.8. The molecule has 0 saturated carbocycles. The lowest BCUT2D eigenvalue weighted by atomic mass is 9.94. The number of rotatable bonds is 7. The van der Waals surface area contributed by atoms with E-state index < -0.39 is 5.97 Å². The Kier molecular flexibility index (Phi) is 5.84. The summed E-state index contributed by atoms with van der Waals surface area (Å²) < 4.78 is 15.0. The molecular formula is C18H22O6. The number of hydrogen-bond acceptors (Lipinski definition) is 6. The second kappa shape index (κ2) is 7.86. The summed E-state index contributed by atoms with van der Waals surface area (Å²) in [4.78, 5) is 22.8. The number of fused-ring (bicyclic) bond motifs is 1. The Morgan fingerprint density at radius 1 is 1.29 bits per heavy atom. The molecule has 0 spiro atoms. The maximum absolute atomic E-state index is 11.8. The molecule has 0 fully saturated rings. The van der Waals surface area contributed by atoms with Crippen LogP contribution in [-0.2, 0) is 27.3 Å². The average Bonchev–Trinajstić information content (AvgIpc) is 2.97. The van der Waals surface area contributed by atoms with E-state index in [1.54, 1.807) is 7.11 Å². The SMILES string of the molecule is COC(=O)CCC=CCCc1c(O)c2c(c(C)c1OC)COC2=O. The van der Waals surface area contributed by atoms with Gasteiger partial charge in [0.25, 0.3) is 0 Å². The number of ether oxygens (including phenoxy) is 3. The Labute approximate surface area is 141 Å². The number of phenols is 1. The minimum atomic E-state index is -0.497. The van der Waals surface area contributed by atoms with Crippen LogP contribution in [0, 0.1) is 6.92 Å². The maximum atomic E-state index is 11.8. The highest BCUT2D eigenvalue weighted by Crippen LogP contribution is 2.42. The summed E-state index contributed by atoms with van der Waals surface area (Å²) in [6, 6.07) is 0. The van der Waals surface area contributed by atoms with Crippen LogP contribution in [0.5, 0.6) is 11.5 Å². The van der Waals surface area contributed by atoms with Crippen molar-refractivity contribution < 1.29 is 28.9 Å². The molecule has 2 rings (SSSR count). The van der Waals surface area contributed by atoms with Crippen molar-refractivity contribution in [3.8, 4) is 11.5 Å². The number of aromatic hydroxyl groups is 1. The van der Waals surface area contributed by atoms with Crippen LogP contribution >= 0.6 is 0 Å². The average molecular weight is 334 g/mol. The predicted octanol–water partition coefficient (Wildman–Crippen LogP) is 2.82. The molecule has 0 saturated heterocycles. The van der Waals surface area contributed by atoms with Crippen molar-refractivity contribution in [1.82, 2.24) is 0 Å². The number of methoxy groups -OCH3 is 2. The van der Waals surface area contributed by atoms with E-state index in [0.717, 1.165) is 5.56 Å². The molecule has 0 radical (unpaired) electrons. The van der Waals surface area contributed by atoms with Crippen molar-refractivity contribution >= 4 is 11.9 Å². The minimum Gasteiger partial charge on any atom is -0.507 e. The lowest BCUT2D eigenvalue weighted by Crippen LogP contribution is -2.03. The maximum Gasteiger partial charge on any atom is 0.342 e. The number of benzene rings is 1. The van der Waals surface area contributed by atoms with Crippen LogP contribution in [0.2, 0.25) is 0 Å².